The first-order valence-corrected chi connectivity index (χ1v) is 13.9. The lowest BCUT2D eigenvalue weighted by Gasteiger charge is -2.40. The Balaban J connectivity index is 1.46. The molecule has 0 spiro atoms. The van der Waals surface area contributed by atoms with Crippen molar-refractivity contribution in [2.24, 2.45) is 0 Å². The maximum atomic E-state index is 13.3. The Morgan fingerprint density at radius 3 is 2.37 bits per heavy atom. The van der Waals surface area contributed by atoms with Crippen LogP contribution in [0.5, 0.6) is 0 Å². The van der Waals surface area contributed by atoms with Crippen LogP contribution in [-0.2, 0) is 21.2 Å². The van der Waals surface area contributed by atoms with E-state index in [0.29, 0.717) is 24.3 Å². The predicted molar refractivity (Wildman–Crippen MR) is 144 cm³/mol. The molecule has 1 aliphatic heterocycles. The Bertz CT molecular complexity index is 1410. The average molecular weight is 532 g/mol. The SMILES string of the molecule is N#Cc1cccc(NC(=O)N2CCN(CCS(=O)(=O)c3ccccc3)CC2C(=O)NCc2ccccc2)c1. The second-order valence-corrected chi connectivity index (χ2v) is 11.1. The number of rotatable bonds is 8. The van der Waals surface area contributed by atoms with Gasteiger partial charge in [0.2, 0.25) is 5.91 Å². The molecule has 1 saturated heterocycles. The number of sulfone groups is 1. The van der Waals surface area contributed by atoms with Crippen LogP contribution in [0, 0.1) is 11.3 Å². The number of hydrogen-bond donors (Lipinski definition) is 2. The zero-order valence-electron chi connectivity index (χ0n) is 20.8. The van der Waals surface area contributed by atoms with E-state index in [-0.39, 0.29) is 36.2 Å². The number of urea groups is 1. The molecule has 38 heavy (non-hydrogen) atoms. The molecule has 1 heterocycles. The fraction of sp³-hybridized carbons (Fsp3) is 0.250. The van der Waals surface area contributed by atoms with Crippen LogP contribution in [0.4, 0.5) is 10.5 Å². The number of amides is 3. The molecule has 196 valence electrons. The standard InChI is InChI=1S/C28H29N5O4S/c29-19-23-10-7-11-24(18-23)31-28(35)33-15-14-32(16-17-38(36,37)25-12-5-2-6-13-25)21-26(33)27(34)30-20-22-8-3-1-4-9-22/h1-13,18,26H,14-17,20-21H2,(H,30,34)(H,31,35). The van der Waals surface area contributed by atoms with Crippen LogP contribution in [0.1, 0.15) is 11.1 Å². The Labute approximate surface area is 222 Å². The van der Waals surface area contributed by atoms with E-state index in [0.717, 1.165) is 5.56 Å². The summed E-state index contributed by atoms with van der Waals surface area (Å²) in [6.07, 6.45) is 0. The highest BCUT2D eigenvalue weighted by Crippen LogP contribution is 2.17. The van der Waals surface area contributed by atoms with Crippen molar-refractivity contribution in [1.29, 1.82) is 5.26 Å². The molecule has 4 rings (SSSR count). The molecule has 3 aromatic rings. The third-order valence-corrected chi connectivity index (χ3v) is 8.07. The Morgan fingerprint density at radius 1 is 0.947 bits per heavy atom. The number of benzene rings is 3. The summed E-state index contributed by atoms with van der Waals surface area (Å²) >= 11 is 0. The molecule has 1 aliphatic rings. The molecule has 0 bridgehead atoms. The minimum atomic E-state index is -3.48. The maximum absolute atomic E-state index is 13.3. The van der Waals surface area contributed by atoms with E-state index in [1.54, 1.807) is 54.6 Å². The molecule has 9 nitrogen and oxygen atoms in total. The predicted octanol–water partition coefficient (Wildman–Crippen LogP) is 2.87. The first-order chi connectivity index (χ1) is 18.4. The van der Waals surface area contributed by atoms with Crippen LogP contribution >= 0.6 is 0 Å². The largest absolute Gasteiger partial charge is 0.350 e. The molecular formula is C28H29N5O4S. The molecular weight excluding hydrogens is 502 g/mol. The highest BCUT2D eigenvalue weighted by atomic mass is 32.2. The first-order valence-electron chi connectivity index (χ1n) is 12.3. The van der Waals surface area contributed by atoms with Crippen LogP contribution < -0.4 is 10.6 Å². The minimum absolute atomic E-state index is 0.0947. The van der Waals surface area contributed by atoms with E-state index in [1.165, 1.54) is 4.90 Å². The lowest BCUT2D eigenvalue weighted by atomic mass is 10.1. The highest BCUT2D eigenvalue weighted by Gasteiger charge is 2.35. The van der Waals surface area contributed by atoms with E-state index in [4.69, 9.17) is 5.26 Å². The lowest BCUT2D eigenvalue weighted by Crippen LogP contribution is -2.61. The molecule has 1 fully saturated rings. The zero-order valence-corrected chi connectivity index (χ0v) is 21.6. The van der Waals surface area contributed by atoms with Crippen molar-refractivity contribution >= 4 is 27.5 Å². The topological polar surface area (TPSA) is 123 Å². The van der Waals surface area contributed by atoms with Crippen molar-refractivity contribution in [1.82, 2.24) is 15.1 Å². The fourth-order valence-electron chi connectivity index (χ4n) is 4.27. The quantitative estimate of drug-likeness (QED) is 0.461. The molecule has 0 aromatic heterocycles. The summed E-state index contributed by atoms with van der Waals surface area (Å²) in [5, 5.41) is 14.8. The van der Waals surface area contributed by atoms with Gasteiger partial charge in [0.05, 0.1) is 22.3 Å². The van der Waals surface area contributed by atoms with Crippen molar-refractivity contribution in [3.8, 4) is 6.07 Å². The van der Waals surface area contributed by atoms with Gasteiger partial charge in [-0.05, 0) is 35.9 Å². The molecule has 0 aliphatic carbocycles. The smallest absolute Gasteiger partial charge is 0.322 e. The van der Waals surface area contributed by atoms with Crippen LogP contribution in [0.3, 0.4) is 0 Å². The Morgan fingerprint density at radius 2 is 1.66 bits per heavy atom. The number of piperazine rings is 1. The van der Waals surface area contributed by atoms with Gasteiger partial charge in [-0.15, -0.1) is 0 Å². The average Bonchev–Trinajstić information content (AvgIpc) is 2.95. The normalized spacial score (nSPS) is 15.9. The summed E-state index contributed by atoms with van der Waals surface area (Å²) in [7, 11) is -3.48. The second kappa shape index (κ2) is 12.4. The fourth-order valence-corrected chi connectivity index (χ4v) is 5.58. The summed E-state index contributed by atoms with van der Waals surface area (Å²) in [6.45, 7) is 1.38. The second-order valence-electron chi connectivity index (χ2n) is 8.97. The van der Waals surface area contributed by atoms with Crippen LogP contribution in [0.2, 0.25) is 0 Å². The van der Waals surface area contributed by atoms with Gasteiger partial charge in [0, 0.05) is 38.4 Å². The van der Waals surface area contributed by atoms with E-state index in [2.05, 4.69) is 10.6 Å². The van der Waals surface area contributed by atoms with E-state index in [9.17, 15) is 18.0 Å². The molecule has 1 atom stereocenters. The third kappa shape index (κ3) is 6.97. The van der Waals surface area contributed by atoms with Gasteiger partial charge < -0.3 is 15.5 Å². The van der Waals surface area contributed by atoms with Crippen molar-refractivity contribution in [3.05, 3.63) is 96.1 Å². The zero-order chi connectivity index (χ0) is 27.0. The molecule has 0 saturated carbocycles. The third-order valence-electron chi connectivity index (χ3n) is 6.36. The number of nitrogens with one attached hydrogen (secondary N) is 2. The number of hydrogen-bond acceptors (Lipinski definition) is 6. The van der Waals surface area contributed by atoms with Crippen molar-refractivity contribution in [3.63, 3.8) is 0 Å². The van der Waals surface area contributed by atoms with Gasteiger partial charge in [-0.3, -0.25) is 9.69 Å². The Kier molecular flexibility index (Phi) is 8.73. The molecule has 0 radical (unpaired) electrons. The number of nitriles is 1. The van der Waals surface area contributed by atoms with Crippen LogP contribution in [0.15, 0.2) is 89.8 Å². The van der Waals surface area contributed by atoms with Gasteiger partial charge in [-0.1, -0.05) is 54.6 Å². The van der Waals surface area contributed by atoms with Gasteiger partial charge in [0.15, 0.2) is 9.84 Å². The minimum Gasteiger partial charge on any atom is -0.350 e. The van der Waals surface area contributed by atoms with Gasteiger partial charge in [0.1, 0.15) is 6.04 Å². The summed E-state index contributed by atoms with van der Waals surface area (Å²) in [6, 6.07) is 25.0. The van der Waals surface area contributed by atoms with Crippen LogP contribution in [-0.4, -0.2) is 68.1 Å². The summed E-state index contributed by atoms with van der Waals surface area (Å²) in [4.78, 5) is 30.1. The molecule has 3 aromatic carbocycles. The number of carbonyl (C=O) groups is 2. The van der Waals surface area contributed by atoms with Crippen molar-refractivity contribution in [2.45, 2.75) is 17.5 Å². The van der Waals surface area contributed by atoms with E-state index in [1.807, 2.05) is 41.3 Å². The number of carbonyl (C=O) groups excluding carboxylic acids is 2. The molecule has 1 unspecified atom stereocenters. The van der Waals surface area contributed by atoms with Gasteiger partial charge in [-0.25, -0.2) is 13.2 Å². The van der Waals surface area contributed by atoms with E-state index < -0.39 is 21.9 Å². The van der Waals surface area contributed by atoms with Crippen molar-refractivity contribution in [2.75, 3.05) is 37.2 Å². The van der Waals surface area contributed by atoms with Crippen LogP contribution in [0.25, 0.3) is 0 Å². The first kappa shape index (κ1) is 26.9. The number of anilines is 1. The number of nitrogens with zero attached hydrogens (tertiary/aromatic N) is 3. The monoisotopic (exact) mass is 531 g/mol. The molecule has 3 amide bonds. The summed E-state index contributed by atoms with van der Waals surface area (Å²) < 4.78 is 25.5. The van der Waals surface area contributed by atoms with Gasteiger partial charge in [0.25, 0.3) is 0 Å². The lowest BCUT2D eigenvalue weighted by molar-refractivity contribution is -0.127. The van der Waals surface area contributed by atoms with E-state index >= 15 is 0 Å². The van der Waals surface area contributed by atoms with Crippen molar-refractivity contribution < 1.29 is 18.0 Å². The highest BCUT2D eigenvalue weighted by molar-refractivity contribution is 7.91. The van der Waals surface area contributed by atoms with Gasteiger partial charge >= 0.3 is 6.03 Å². The Hall–Kier alpha value is -4.20. The molecule has 2 N–H and O–H groups in total. The van der Waals surface area contributed by atoms with Gasteiger partial charge in [-0.2, -0.15) is 5.26 Å². The summed E-state index contributed by atoms with van der Waals surface area (Å²) in [5.74, 6) is -0.423. The molecule has 10 heteroatoms. The maximum Gasteiger partial charge on any atom is 0.322 e. The summed E-state index contributed by atoms with van der Waals surface area (Å²) in [5.41, 5.74) is 1.78.